The standard InChI is InChI=1S/C26H26N4O6S/c1-4-21(24(32)30-26-27-17(14-37-26)13-22(31)35-5-2)36-25(33)16-8-11-19-20(12-16)29-23(28-19)15-6-9-18(34-3)10-7-15/h6-12,14,21H,4-5,13H2,1-3H3,(H,28,29)(H,27,30,32). The van der Waals surface area contributed by atoms with Crippen LogP contribution in [0.4, 0.5) is 5.13 Å². The summed E-state index contributed by atoms with van der Waals surface area (Å²) in [5.74, 6) is -0.133. The average Bonchev–Trinajstić information content (AvgIpc) is 3.53. The van der Waals surface area contributed by atoms with Crippen LogP contribution in [0, 0.1) is 0 Å². The highest BCUT2D eigenvalue weighted by Gasteiger charge is 2.23. The number of rotatable bonds is 10. The molecule has 11 heteroatoms. The minimum atomic E-state index is -1.02. The summed E-state index contributed by atoms with van der Waals surface area (Å²) < 4.78 is 15.6. The van der Waals surface area contributed by atoms with E-state index < -0.39 is 23.9 Å². The summed E-state index contributed by atoms with van der Waals surface area (Å²) in [5.41, 5.74) is 3.00. The number of fused-ring (bicyclic) bond motifs is 1. The van der Waals surface area contributed by atoms with Crippen LogP contribution in [0.5, 0.6) is 5.75 Å². The molecule has 2 N–H and O–H groups in total. The minimum absolute atomic E-state index is 0.0165. The second-order valence-corrected chi connectivity index (χ2v) is 8.82. The first-order valence-corrected chi connectivity index (χ1v) is 12.5. The molecule has 0 saturated heterocycles. The van der Waals surface area contributed by atoms with Crippen LogP contribution in [0.2, 0.25) is 0 Å². The van der Waals surface area contributed by atoms with Crippen molar-refractivity contribution >= 4 is 45.3 Å². The van der Waals surface area contributed by atoms with Gasteiger partial charge in [-0.2, -0.15) is 0 Å². The molecule has 10 nitrogen and oxygen atoms in total. The van der Waals surface area contributed by atoms with Gasteiger partial charge in [0.2, 0.25) is 0 Å². The monoisotopic (exact) mass is 522 g/mol. The van der Waals surface area contributed by atoms with E-state index in [1.807, 2.05) is 24.3 Å². The van der Waals surface area contributed by atoms with Crippen LogP contribution in [-0.4, -0.2) is 52.6 Å². The number of esters is 2. The van der Waals surface area contributed by atoms with Gasteiger partial charge in [0.05, 0.1) is 42.4 Å². The first-order chi connectivity index (χ1) is 17.9. The number of nitrogens with zero attached hydrogens (tertiary/aromatic N) is 2. The van der Waals surface area contributed by atoms with Gasteiger partial charge in [-0.25, -0.2) is 14.8 Å². The van der Waals surface area contributed by atoms with Gasteiger partial charge in [-0.1, -0.05) is 6.92 Å². The van der Waals surface area contributed by atoms with E-state index in [2.05, 4.69) is 20.3 Å². The number of nitrogens with one attached hydrogen (secondary N) is 2. The Kier molecular flexibility index (Phi) is 8.14. The molecule has 2 heterocycles. The quantitative estimate of drug-likeness (QED) is 0.293. The van der Waals surface area contributed by atoms with E-state index in [0.717, 1.165) is 11.3 Å². The lowest BCUT2D eigenvalue weighted by atomic mass is 10.2. The van der Waals surface area contributed by atoms with Crippen LogP contribution in [-0.2, 0) is 25.5 Å². The molecule has 1 amide bonds. The van der Waals surface area contributed by atoms with E-state index in [1.54, 1.807) is 44.5 Å². The second-order valence-electron chi connectivity index (χ2n) is 7.96. The van der Waals surface area contributed by atoms with Crippen molar-refractivity contribution in [2.75, 3.05) is 19.0 Å². The van der Waals surface area contributed by atoms with E-state index >= 15 is 0 Å². The highest BCUT2D eigenvalue weighted by Crippen LogP contribution is 2.24. The summed E-state index contributed by atoms with van der Waals surface area (Å²) in [5, 5.41) is 4.62. The lowest BCUT2D eigenvalue weighted by Gasteiger charge is -2.15. The number of benzene rings is 2. The molecule has 192 valence electrons. The van der Waals surface area contributed by atoms with Gasteiger partial charge in [0.1, 0.15) is 11.6 Å². The predicted molar refractivity (Wildman–Crippen MR) is 139 cm³/mol. The zero-order valence-corrected chi connectivity index (χ0v) is 21.4. The van der Waals surface area contributed by atoms with Gasteiger partial charge >= 0.3 is 11.9 Å². The molecule has 0 aliphatic carbocycles. The number of imidazole rings is 1. The lowest BCUT2D eigenvalue weighted by molar-refractivity contribution is -0.142. The average molecular weight is 523 g/mol. The highest BCUT2D eigenvalue weighted by molar-refractivity contribution is 7.13. The van der Waals surface area contributed by atoms with Crippen molar-refractivity contribution in [3.05, 3.63) is 59.1 Å². The van der Waals surface area contributed by atoms with Gasteiger partial charge in [0.25, 0.3) is 5.91 Å². The van der Waals surface area contributed by atoms with Gasteiger partial charge in [-0.3, -0.25) is 14.9 Å². The molecule has 37 heavy (non-hydrogen) atoms. The summed E-state index contributed by atoms with van der Waals surface area (Å²) >= 11 is 1.18. The first-order valence-electron chi connectivity index (χ1n) is 11.7. The Bertz CT molecular complexity index is 1410. The number of methoxy groups -OCH3 is 1. The largest absolute Gasteiger partial charge is 0.497 e. The third kappa shape index (κ3) is 6.31. The van der Waals surface area contributed by atoms with Gasteiger partial charge in [-0.15, -0.1) is 11.3 Å². The molecule has 0 spiro atoms. The summed E-state index contributed by atoms with van der Waals surface area (Å²) in [6.07, 6.45) is -0.730. The van der Waals surface area contributed by atoms with Crippen LogP contribution >= 0.6 is 11.3 Å². The van der Waals surface area contributed by atoms with Crippen molar-refractivity contribution in [1.29, 1.82) is 0 Å². The van der Waals surface area contributed by atoms with Gasteiger partial charge in [-0.05, 0) is 55.8 Å². The number of aromatic nitrogens is 3. The normalized spacial score (nSPS) is 11.6. The second kappa shape index (κ2) is 11.7. The van der Waals surface area contributed by atoms with Gasteiger partial charge in [0, 0.05) is 10.9 Å². The van der Waals surface area contributed by atoms with Gasteiger partial charge in [0.15, 0.2) is 11.2 Å². The number of thiazole rings is 1. The summed E-state index contributed by atoms with van der Waals surface area (Å²) in [6, 6.07) is 12.4. The molecule has 2 aromatic carbocycles. The topological polar surface area (TPSA) is 132 Å². The molecule has 1 unspecified atom stereocenters. The fourth-order valence-corrected chi connectivity index (χ4v) is 4.25. The SMILES string of the molecule is CCOC(=O)Cc1csc(NC(=O)C(CC)OC(=O)c2ccc3nc(-c4ccc(OC)cc4)[nH]c3c2)n1. The van der Waals surface area contributed by atoms with Crippen molar-refractivity contribution < 1.29 is 28.6 Å². The van der Waals surface area contributed by atoms with Crippen molar-refractivity contribution in [1.82, 2.24) is 15.0 Å². The number of hydrogen-bond donors (Lipinski definition) is 2. The molecular formula is C26H26N4O6S. The first kappa shape index (κ1) is 25.8. The number of anilines is 1. The van der Waals surface area contributed by atoms with E-state index in [0.29, 0.717) is 27.7 Å². The van der Waals surface area contributed by atoms with Crippen LogP contribution in [0.1, 0.15) is 36.3 Å². The van der Waals surface area contributed by atoms with Crippen molar-refractivity contribution in [3.8, 4) is 17.1 Å². The Labute approximate surface area is 217 Å². The molecule has 0 aliphatic heterocycles. The molecule has 0 aliphatic rings. The van der Waals surface area contributed by atoms with Crippen molar-refractivity contribution in [3.63, 3.8) is 0 Å². The number of H-pyrrole nitrogens is 1. The highest BCUT2D eigenvalue weighted by atomic mass is 32.1. The Morgan fingerprint density at radius 1 is 1.08 bits per heavy atom. The van der Waals surface area contributed by atoms with Crippen LogP contribution in [0.15, 0.2) is 47.8 Å². The van der Waals surface area contributed by atoms with Crippen LogP contribution in [0.3, 0.4) is 0 Å². The molecule has 4 aromatic rings. The predicted octanol–water partition coefficient (Wildman–Crippen LogP) is 4.37. The Balaban J connectivity index is 1.41. The molecular weight excluding hydrogens is 496 g/mol. The third-order valence-electron chi connectivity index (χ3n) is 5.41. The number of aromatic amines is 1. The lowest BCUT2D eigenvalue weighted by Crippen LogP contribution is -2.32. The fraction of sp³-hybridized carbons (Fsp3) is 0.269. The van der Waals surface area contributed by atoms with Crippen molar-refractivity contribution in [2.45, 2.75) is 32.8 Å². The molecule has 0 radical (unpaired) electrons. The van der Waals surface area contributed by atoms with E-state index in [4.69, 9.17) is 14.2 Å². The third-order valence-corrected chi connectivity index (χ3v) is 6.21. The molecule has 0 saturated carbocycles. The Morgan fingerprint density at radius 3 is 2.57 bits per heavy atom. The summed E-state index contributed by atoms with van der Waals surface area (Å²) in [7, 11) is 1.60. The van der Waals surface area contributed by atoms with Gasteiger partial charge < -0.3 is 19.2 Å². The molecule has 0 bridgehead atoms. The van der Waals surface area contributed by atoms with Crippen LogP contribution in [0.25, 0.3) is 22.4 Å². The molecule has 4 rings (SSSR count). The minimum Gasteiger partial charge on any atom is -0.497 e. The molecule has 0 fully saturated rings. The number of carbonyl (C=O) groups excluding carboxylic acids is 3. The fourth-order valence-electron chi connectivity index (χ4n) is 3.53. The number of carbonyl (C=O) groups is 3. The van der Waals surface area contributed by atoms with Crippen LogP contribution < -0.4 is 10.1 Å². The zero-order chi connectivity index (χ0) is 26.4. The Hall–Kier alpha value is -4.25. The smallest absolute Gasteiger partial charge is 0.338 e. The van der Waals surface area contributed by atoms with Crippen molar-refractivity contribution in [2.24, 2.45) is 0 Å². The molecule has 2 aromatic heterocycles. The summed E-state index contributed by atoms with van der Waals surface area (Å²) in [4.78, 5) is 49.2. The van der Waals surface area contributed by atoms with E-state index in [9.17, 15) is 14.4 Å². The number of amides is 1. The van der Waals surface area contributed by atoms with E-state index in [-0.39, 0.29) is 25.0 Å². The maximum Gasteiger partial charge on any atom is 0.338 e. The summed E-state index contributed by atoms with van der Waals surface area (Å²) in [6.45, 7) is 3.75. The number of ether oxygens (including phenoxy) is 3. The van der Waals surface area contributed by atoms with E-state index in [1.165, 1.54) is 11.3 Å². The molecule has 1 atom stereocenters. The maximum absolute atomic E-state index is 12.8. The zero-order valence-electron chi connectivity index (χ0n) is 20.6. The number of hydrogen-bond acceptors (Lipinski definition) is 9. The maximum atomic E-state index is 12.8. The Morgan fingerprint density at radius 2 is 1.86 bits per heavy atom.